The highest BCUT2D eigenvalue weighted by Gasteiger charge is 2.07. The summed E-state index contributed by atoms with van der Waals surface area (Å²) in [7, 11) is 4.09. The van der Waals surface area contributed by atoms with Gasteiger partial charge in [0.05, 0.1) is 0 Å². The van der Waals surface area contributed by atoms with Crippen LogP contribution in [-0.4, -0.2) is 48.2 Å². The first-order valence-electron chi connectivity index (χ1n) is 7.69. The van der Waals surface area contributed by atoms with Crippen LogP contribution in [0.2, 0.25) is 0 Å². The lowest BCUT2D eigenvalue weighted by Gasteiger charge is -2.10. The second-order valence-corrected chi connectivity index (χ2v) is 5.56. The number of anilines is 1. The lowest BCUT2D eigenvalue weighted by atomic mass is 10.2. The van der Waals surface area contributed by atoms with E-state index in [9.17, 15) is 4.79 Å². The van der Waals surface area contributed by atoms with E-state index in [1.807, 2.05) is 44.4 Å². The van der Waals surface area contributed by atoms with Crippen molar-refractivity contribution in [2.45, 2.75) is 13.0 Å². The van der Waals surface area contributed by atoms with Crippen LogP contribution in [0.25, 0.3) is 0 Å². The van der Waals surface area contributed by atoms with Crippen molar-refractivity contribution in [3.8, 4) is 0 Å². The lowest BCUT2D eigenvalue weighted by molar-refractivity contribution is 0.0945. The average Bonchev–Trinajstić information content (AvgIpc) is 2.58. The van der Waals surface area contributed by atoms with Gasteiger partial charge in [0, 0.05) is 13.1 Å². The molecule has 6 nitrogen and oxygen atoms in total. The smallest absolute Gasteiger partial charge is 0.272 e. The van der Waals surface area contributed by atoms with Crippen LogP contribution in [0.1, 0.15) is 22.5 Å². The Hall–Kier alpha value is -2.47. The summed E-state index contributed by atoms with van der Waals surface area (Å²) >= 11 is 0. The normalized spacial score (nSPS) is 10.6. The lowest BCUT2D eigenvalue weighted by Crippen LogP contribution is -2.24. The Kier molecular flexibility index (Phi) is 6.50. The number of nitrogens with one attached hydrogen (secondary N) is 2. The molecule has 0 spiro atoms. The van der Waals surface area contributed by atoms with Crippen molar-refractivity contribution in [3.05, 3.63) is 53.7 Å². The fourth-order valence-corrected chi connectivity index (χ4v) is 2.03. The minimum atomic E-state index is -0.222. The Morgan fingerprint density at radius 3 is 2.52 bits per heavy atom. The van der Waals surface area contributed by atoms with Gasteiger partial charge in [0.2, 0.25) is 0 Å². The molecule has 2 rings (SSSR count). The molecule has 6 heteroatoms. The predicted octanol–water partition coefficient (Wildman–Crippen LogP) is 1.77. The second kappa shape index (κ2) is 8.85. The molecule has 23 heavy (non-hydrogen) atoms. The molecule has 1 aromatic heterocycles. The van der Waals surface area contributed by atoms with Gasteiger partial charge in [0.15, 0.2) is 5.69 Å². The molecule has 0 aliphatic heterocycles. The summed E-state index contributed by atoms with van der Waals surface area (Å²) in [5.41, 5.74) is 1.37. The molecule has 0 saturated heterocycles. The van der Waals surface area contributed by atoms with Crippen LogP contribution in [0, 0.1) is 0 Å². The number of hydrogen-bond donors (Lipinski definition) is 2. The van der Waals surface area contributed by atoms with Crippen molar-refractivity contribution in [2.75, 3.05) is 32.5 Å². The number of rotatable bonds is 8. The summed E-state index contributed by atoms with van der Waals surface area (Å²) in [6, 6.07) is 13.2. The van der Waals surface area contributed by atoms with E-state index in [1.54, 1.807) is 12.1 Å². The molecule has 0 radical (unpaired) electrons. The van der Waals surface area contributed by atoms with E-state index >= 15 is 0 Å². The highest BCUT2D eigenvalue weighted by molar-refractivity contribution is 5.92. The van der Waals surface area contributed by atoms with Crippen molar-refractivity contribution < 1.29 is 4.79 Å². The topological polar surface area (TPSA) is 70.2 Å². The largest absolute Gasteiger partial charge is 0.369 e. The number of hydrogen-bond acceptors (Lipinski definition) is 5. The van der Waals surface area contributed by atoms with Gasteiger partial charge in [-0.3, -0.25) is 4.79 Å². The molecule has 0 unspecified atom stereocenters. The summed E-state index contributed by atoms with van der Waals surface area (Å²) < 4.78 is 0. The Bertz CT molecular complexity index is 598. The summed E-state index contributed by atoms with van der Waals surface area (Å²) in [6.07, 6.45) is 1.02. The Morgan fingerprint density at radius 2 is 1.87 bits per heavy atom. The van der Waals surface area contributed by atoms with Crippen LogP contribution < -0.4 is 10.6 Å². The first-order valence-corrected chi connectivity index (χ1v) is 7.69. The fraction of sp³-hybridized carbons (Fsp3) is 0.353. The Balaban J connectivity index is 1.78. The molecule has 1 amide bonds. The summed E-state index contributed by atoms with van der Waals surface area (Å²) in [4.78, 5) is 14.2. The van der Waals surface area contributed by atoms with Gasteiger partial charge in [0.25, 0.3) is 5.91 Å². The van der Waals surface area contributed by atoms with Crippen LogP contribution in [0.3, 0.4) is 0 Å². The minimum Gasteiger partial charge on any atom is -0.369 e. The third kappa shape index (κ3) is 6.04. The summed E-state index contributed by atoms with van der Waals surface area (Å²) in [5.74, 6) is 0.462. The Morgan fingerprint density at radius 1 is 1.09 bits per heavy atom. The van der Waals surface area contributed by atoms with Gasteiger partial charge in [-0.1, -0.05) is 30.3 Å². The van der Waals surface area contributed by atoms with Crippen molar-refractivity contribution in [1.82, 2.24) is 20.4 Å². The summed E-state index contributed by atoms with van der Waals surface area (Å²) in [6.45, 7) is 2.32. The highest BCUT2D eigenvalue weighted by atomic mass is 16.1. The van der Waals surface area contributed by atoms with Crippen LogP contribution in [0.15, 0.2) is 42.5 Å². The zero-order valence-electron chi connectivity index (χ0n) is 13.6. The number of carbonyl (C=O) groups excluding carboxylic acids is 1. The van der Waals surface area contributed by atoms with E-state index in [2.05, 4.69) is 25.7 Å². The average molecular weight is 313 g/mol. The van der Waals surface area contributed by atoms with E-state index < -0.39 is 0 Å². The number of nitrogens with zero attached hydrogens (tertiary/aromatic N) is 3. The molecule has 0 aliphatic rings. The molecule has 1 aromatic carbocycles. The zero-order chi connectivity index (χ0) is 16.5. The van der Waals surface area contributed by atoms with Crippen molar-refractivity contribution in [1.29, 1.82) is 0 Å². The molecule has 2 aromatic rings. The molecular weight excluding hydrogens is 290 g/mol. The molecular formula is C17H23N5O. The van der Waals surface area contributed by atoms with Gasteiger partial charge in [0.1, 0.15) is 5.82 Å². The third-order valence-corrected chi connectivity index (χ3v) is 3.28. The standard InChI is InChI=1S/C17H23N5O/c1-22(2)12-6-11-18-16-10-9-15(20-21-16)17(23)19-13-14-7-4-3-5-8-14/h3-5,7-10H,6,11-13H2,1-2H3,(H,18,21)(H,19,23). The highest BCUT2D eigenvalue weighted by Crippen LogP contribution is 2.03. The van der Waals surface area contributed by atoms with E-state index in [-0.39, 0.29) is 5.91 Å². The quantitative estimate of drug-likeness (QED) is 0.727. The van der Waals surface area contributed by atoms with Crippen molar-refractivity contribution >= 4 is 11.7 Å². The summed E-state index contributed by atoms with van der Waals surface area (Å²) in [5, 5.41) is 14.0. The van der Waals surface area contributed by atoms with E-state index in [4.69, 9.17) is 0 Å². The maximum atomic E-state index is 12.0. The van der Waals surface area contributed by atoms with Crippen LogP contribution in [0.4, 0.5) is 5.82 Å². The molecule has 122 valence electrons. The monoisotopic (exact) mass is 313 g/mol. The van der Waals surface area contributed by atoms with Gasteiger partial charge in [-0.05, 0) is 44.8 Å². The molecule has 0 fully saturated rings. The maximum Gasteiger partial charge on any atom is 0.272 e. The molecule has 2 N–H and O–H groups in total. The van der Waals surface area contributed by atoms with E-state index in [1.165, 1.54) is 0 Å². The number of amides is 1. The van der Waals surface area contributed by atoms with Gasteiger partial charge in [-0.15, -0.1) is 10.2 Å². The first kappa shape index (κ1) is 16.9. The van der Waals surface area contributed by atoms with Gasteiger partial charge in [-0.2, -0.15) is 0 Å². The van der Waals surface area contributed by atoms with Crippen molar-refractivity contribution in [2.24, 2.45) is 0 Å². The molecule has 0 saturated carbocycles. The van der Waals surface area contributed by atoms with Gasteiger partial charge >= 0.3 is 0 Å². The molecule has 1 heterocycles. The second-order valence-electron chi connectivity index (χ2n) is 5.56. The SMILES string of the molecule is CN(C)CCCNc1ccc(C(=O)NCc2ccccc2)nn1. The number of carbonyl (C=O) groups is 1. The number of benzene rings is 1. The Labute approximate surface area is 136 Å². The van der Waals surface area contributed by atoms with Crippen molar-refractivity contribution in [3.63, 3.8) is 0 Å². The third-order valence-electron chi connectivity index (χ3n) is 3.28. The van der Waals surface area contributed by atoms with Gasteiger partial charge in [-0.25, -0.2) is 0 Å². The van der Waals surface area contributed by atoms with E-state index in [0.29, 0.717) is 18.1 Å². The predicted molar refractivity (Wildman–Crippen MR) is 91.3 cm³/mol. The maximum absolute atomic E-state index is 12.0. The fourth-order valence-electron chi connectivity index (χ4n) is 2.03. The molecule has 0 atom stereocenters. The minimum absolute atomic E-state index is 0.222. The van der Waals surface area contributed by atoms with Crippen LogP contribution in [0.5, 0.6) is 0 Å². The molecule has 0 bridgehead atoms. The first-order chi connectivity index (χ1) is 11.1. The van der Waals surface area contributed by atoms with Crippen LogP contribution >= 0.6 is 0 Å². The van der Waals surface area contributed by atoms with E-state index in [0.717, 1.165) is 25.1 Å². The molecule has 0 aliphatic carbocycles. The van der Waals surface area contributed by atoms with Gasteiger partial charge < -0.3 is 15.5 Å². The van der Waals surface area contributed by atoms with Crippen LogP contribution in [-0.2, 0) is 6.54 Å². The number of aromatic nitrogens is 2. The zero-order valence-corrected chi connectivity index (χ0v) is 13.6.